The molecule has 0 heterocycles. The Balaban J connectivity index is 2.95. The molecule has 0 saturated heterocycles. The van der Waals surface area contributed by atoms with E-state index in [1.54, 1.807) is 18.2 Å². The van der Waals surface area contributed by atoms with Crippen LogP contribution in [0.15, 0.2) is 24.3 Å². The van der Waals surface area contributed by atoms with E-state index < -0.39 is 5.97 Å². The van der Waals surface area contributed by atoms with E-state index in [9.17, 15) is 4.79 Å². The van der Waals surface area contributed by atoms with Crippen molar-refractivity contribution in [3.8, 4) is 0 Å². The maximum atomic E-state index is 10.2. The summed E-state index contributed by atoms with van der Waals surface area (Å²) in [7, 11) is 0. The van der Waals surface area contributed by atoms with Crippen LogP contribution in [0.5, 0.6) is 0 Å². The number of benzene rings is 1. The van der Waals surface area contributed by atoms with Crippen molar-refractivity contribution < 1.29 is 15.0 Å². The first-order chi connectivity index (χ1) is 6.63. The van der Waals surface area contributed by atoms with Crippen molar-refractivity contribution in [2.45, 2.75) is 6.61 Å². The second-order valence-electron chi connectivity index (χ2n) is 2.79. The van der Waals surface area contributed by atoms with Crippen LogP contribution in [0.3, 0.4) is 0 Å². The molecule has 0 bridgehead atoms. The molecule has 1 aromatic rings. The maximum Gasteiger partial charge on any atom is 0.328 e. The highest BCUT2D eigenvalue weighted by atomic mass is 16.4. The van der Waals surface area contributed by atoms with Gasteiger partial charge in [0.2, 0.25) is 0 Å². The van der Waals surface area contributed by atoms with E-state index in [2.05, 4.69) is 0 Å². The molecule has 0 amide bonds. The highest BCUT2D eigenvalue weighted by Crippen LogP contribution is 2.14. The zero-order valence-electron chi connectivity index (χ0n) is 7.47. The van der Waals surface area contributed by atoms with Gasteiger partial charge in [0.1, 0.15) is 0 Å². The standard InChI is InChI=1S/C10H11NO3/c11-9-3-1-7(2-4-10(13)14)5-8(9)6-12/h1-5,12H,6,11H2,(H,13,14). The van der Waals surface area contributed by atoms with Gasteiger partial charge in [-0.05, 0) is 23.8 Å². The van der Waals surface area contributed by atoms with Gasteiger partial charge in [-0.3, -0.25) is 0 Å². The molecule has 14 heavy (non-hydrogen) atoms. The van der Waals surface area contributed by atoms with Gasteiger partial charge in [0.15, 0.2) is 0 Å². The van der Waals surface area contributed by atoms with Gasteiger partial charge in [-0.2, -0.15) is 0 Å². The molecule has 4 heteroatoms. The van der Waals surface area contributed by atoms with E-state index in [0.717, 1.165) is 6.08 Å². The minimum atomic E-state index is -1.01. The topological polar surface area (TPSA) is 83.6 Å². The SMILES string of the molecule is Nc1ccc(C=CC(=O)O)cc1CO. The number of carboxylic acid groups (broad SMARTS) is 1. The van der Waals surface area contributed by atoms with E-state index in [0.29, 0.717) is 16.8 Å². The summed E-state index contributed by atoms with van der Waals surface area (Å²) in [6, 6.07) is 4.97. The summed E-state index contributed by atoms with van der Waals surface area (Å²) in [6.45, 7) is -0.152. The molecule has 1 rings (SSSR count). The molecular formula is C10H11NO3. The molecule has 0 fully saturated rings. The first-order valence-corrected chi connectivity index (χ1v) is 4.03. The molecular weight excluding hydrogens is 182 g/mol. The third-order valence-corrected chi connectivity index (χ3v) is 1.76. The Kier molecular flexibility index (Phi) is 3.25. The van der Waals surface area contributed by atoms with Crippen LogP contribution in [-0.4, -0.2) is 16.2 Å². The number of nitrogen functional groups attached to an aromatic ring is 1. The van der Waals surface area contributed by atoms with Crippen molar-refractivity contribution in [3.05, 3.63) is 35.4 Å². The fourth-order valence-corrected chi connectivity index (χ4v) is 1.03. The smallest absolute Gasteiger partial charge is 0.328 e. The molecule has 0 spiro atoms. The van der Waals surface area contributed by atoms with Gasteiger partial charge in [0.05, 0.1) is 6.61 Å². The summed E-state index contributed by atoms with van der Waals surface area (Å²) in [5.41, 5.74) is 7.35. The number of carboxylic acids is 1. The van der Waals surface area contributed by atoms with Gasteiger partial charge in [-0.1, -0.05) is 6.07 Å². The number of nitrogens with two attached hydrogens (primary N) is 1. The van der Waals surface area contributed by atoms with Crippen molar-refractivity contribution in [1.29, 1.82) is 0 Å². The predicted octanol–water partition coefficient (Wildman–Crippen LogP) is 0.859. The lowest BCUT2D eigenvalue weighted by Crippen LogP contribution is -1.94. The Morgan fingerprint density at radius 1 is 1.50 bits per heavy atom. The Hall–Kier alpha value is -1.81. The number of aliphatic hydroxyl groups excluding tert-OH is 1. The normalized spacial score (nSPS) is 10.6. The highest BCUT2D eigenvalue weighted by molar-refractivity contribution is 5.85. The van der Waals surface area contributed by atoms with Crippen molar-refractivity contribution in [2.24, 2.45) is 0 Å². The molecule has 74 valence electrons. The lowest BCUT2D eigenvalue weighted by Gasteiger charge is -2.02. The molecule has 0 aliphatic heterocycles. The third kappa shape index (κ3) is 2.60. The number of rotatable bonds is 3. The van der Waals surface area contributed by atoms with E-state index in [-0.39, 0.29) is 6.61 Å². The summed E-state index contributed by atoms with van der Waals surface area (Å²) in [6.07, 6.45) is 2.48. The lowest BCUT2D eigenvalue weighted by molar-refractivity contribution is -0.131. The zero-order chi connectivity index (χ0) is 10.6. The minimum Gasteiger partial charge on any atom is -0.478 e. The van der Waals surface area contributed by atoms with E-state index in [1.165, 1.54) is 6.08 Å². The molecule has 0 aromatic heterocycles. The molecule has 0 saturated carbocycles. The fourth-order valence-electron chi connectivity index (χ4n) is 1.03. The number of hydrogen-bond donors (Lipinski definition) is 3. The van der Waals surface area contributed by atoms with Crippen molar-refractivity contribution in [1.82, 2.24) is 0 Å². The van der Waals surface area contributed by atoms with Crippen LogP contribution in [0, 0.1) is 0 Å². The van der Waals surface area contributed by atoms with Gasteiger partial charge in [-0.15, -0.1) is 0 Å². The molecule has 0 aliphatic rings. The zero-order valence-corrected chi connectivity index (χ0v) is 7.47. The average molecular weight is 193 g/mol. The Morgan fingerprint density at radius 2 is 2.21 bits per heavy atom. The van der Waals surface area contributed by atoms with E-state index >= 15 is 0 Å². The van der Waals surface area contributed by atoms with Crippen LogP contribution in [0.4, 0.5) is 5.69 Å². The van der Waals surface area contributed by atoms with Crippen LogP contribution in [0.1, 0.15) is 11.1 Å². The highest BCUT2D eigenvalue weighted by Gasteiger charge is 1.98. The summed E-state index contributed by atoms with van der Waals surface area (Å²) in [5, 5.41) is 17.3. The average Bonchev–Trinajstić information content (AvgIpc) is 2.16. The van der Waals surface area contributed by atoms with Gasteiger partial charge < -0.3 is 15.9 Å². The van der Waals surface area contributed by atoms with Crippen molar-refractivity contribution in [3.63, 3.8) is 0 Å². The molecule has 4 N–H and O–H groups in total. The Morgan fingerprint density at radius 3 is 2.79 bits per heavy atom. The van der Waals surface area contributed by atoms with Gasteiger partial charge in [0.25, 0.3) is 0 Å². The van der Waals surface area contributed by atoms with Crippen LogP contribution >= 0.6 is 0 Å². The number of anilines is 1. The molecule has 4 nitrogen and oxygen atoms in total. The van der Waals surface area contributed by atoms with Crippen LogP contribution in [0.2, 0.25) is 0 Å². The molecule has 0 radical (unpaired) electrons. The quantitative estimate of drug-likeness (QED) is 0.491. The van der Waals surface area contributed by atoms with Crippen molar-refractivity contribution >= 4 is 17.7 Å². The Bertz CT molecular complexity index is 372. The summed E-state index contributed by atoms with van der Waals surface area (Å²) in [5.74, 6) is -1.01. The number of hydrogen-bond acceptors (Lipinski definition) is 3. The van der Waals surface area contributed by atoms with Crippen LogP contribution in [0.25, 0.3) is 6.08 Å². The predicted molar refractivity (Wildman–Crippen MR) is 53.4 cm³/mol. The van der Waals surface area contributed by atoms with Gasteiger partial charge >= 0.3 is 5.97 Å². The van der Waals surface area contributed by atoms with E-state index in [4.69, 9.17) is 15.9 Å². The number of carbonyl (C=O) groups is 1. The molecule has 0 atom stereocenters. The number of aliphatic hydroxyl groups is 1. The summed E-state index contributed by atoms with van der Waals surface area (Å²) in [4.78, 5) is 10.2. The van der Waals surface area contributed by atoms with Crippen LogP contribution < -0.4 is 5.73 Å². The Labute approximate surface area is 81.3 Å². The molecule has 0 aliphatic carbocycles. The van der Waals surface area contributed by atoms with E-state index in [1.807, 2.05) is 0 Å². The third-order valence-electron chi connectivity index (χ3n) is 1.76. The van der Waals surface area contributed by atoms with Gasteiger partial charge in [-0.25, -0.2) is 4.79 Å². The summed E-state index contributed by atoms with van der Waals surface area (Å²) < 4.78 is 0. The largest absolute Gasteiger partial charge is 0.478 e. The molecule has 1 aromatic carbocycles. The second-order valence-corrected chi connectivity index (χ2v) is 2.79. The molecule has 0 unspecified atom stereocenters. The second kappa shape index (κ2) is 4.43. The first kappa shape index (κ1) is 10.3. The monoisotopic (exact) mass is 193 g/mol. The minimum absolute atomic E-state index is 0.152. The first-order valence-electron chi connectivity index (χ1n) is 4.03. The lowest BCUT2D eigenvalue weighted by atomic mass is 10.1. The van der Waals surface area contributed by atoms with Crippen LogP contribution in [-0.2, 0) is 11.4 Å². The van der Waals surface area contributed by atoms with Gasteiger partial charge in [0, 0.05) is 17.3 Å². The summed E-state index contributed by atoms with van der Waals surface area (Å²) >= 11 is 0. The van der Waals surface area contributed by atoms with Crippen molar-refractivity contribution in [2.75, 3.05) is 5.73 Å². The number of aliphatic carboxylic acids is 1. The fraction of sp³-hybridized carbons (Fsp3) is 0.100. The maximum absolute atomic E-state index is 10.2.